The summed E-state index contributed by atoms with van der Waals surface area (Å²) in [6.07, 6.45) is 0. The van der Waals surface area contributed by atoms with Crippen LogP contribution in [0.4, 0.5) is 5.69 Å². The lowest BCUT2D eigenvalue weighted by Crippen LogP contribution is -2.47. The standard InChI is InChI=1S/C20H25ClN2O4S/c1-14-6-9-16(10-7-14)28(25,26)23(13-19(24)22-20(2,3)4)15-8-11-18(27-5)17(21)12-15/h6-12H,13H2,1-5H3,(H,22,24). The predicted molar refractivity (Wildman–Crippen MR) is 112 cm³/mol. The number of nitrogens with zero attached hydrogens (tertiary/aromatic N) is 1. The molecule has 2 aromatic carbocycles. The molecule has 0 unspecified atom stereocenters. The Morgan fingerprint density at radius 3 is 2.25 bits per heavy atom. The van der Waals surface area contributed by atoms with Gasteiger partial charge in [-0.15, -0.1) is 0 Å². The summed E-state index contributed by atoms with van der Waals surface area (Å²) in [6, 6.07) is 11.0. The molecular formula is C20H25ClN2O4S. The number of methoxy groups -OCH3 is 1. The number of hydrogen-bond donors (Lipinski definition) is 1. The van der Waals surface area contributed by atoms with Gasteiger partial charge in [-0.25, -0.2) is 8.42 Å². The van der Waals surface area contributed by atoms with Crippen molar-refractivity contribution in [3.8, 4) is 5.75 Å². The van der Waals surface area contributed by atoms with E-state index in [1.165, 1.54) is 25.3 Å². The molecule has 6 nitrogen and oxygen atoms in total. The third kappa shape index (κ3) is 5.39. The summed E-state index contributed by atoms with van der Waals surface area (Å²) in [7, 11) is -2.51. The lowest BCUT2D eigenvalue weighted by molar-refractivity contribution is -0.121. The lowest BCUT2D eigenvalue weighted by atomic mass is 10.1. The van der Waals surface area contributed by atoms with Crippen LogP contribution < -0.4 is 14.4 Å². The predicted octanol–water partition coefficient (Wildman–Crippen LogP) is 3.77. The van der Waals surface area contributed by atoms with E-state index in [-0.39, 0.29) is 22.2 Å². The van der Waals surface area contributed by atoms with Crippen LogP contribution in [0, 0.1) is 6.92 Å². The van der Waals surface area contributed by atoms with Crippen LogP contribution in [-0.2, 0) is 14.8 Å². The Hall–Kier alpha value is -2.25. The van der Waals surface area contributed by atoms with Gasteiger partial charge >= 0.3 is 0 Å². The summed E-state index contributed by atoms with van der Waals surface area (Å²) in [4.78, 5) is 12.6. The fourth-order valence-electron chi connectivity index (χ4n) is 2.55. The maximum Gasteiger partial charge on any atom is 0.264 e. The average Bonchev–Trinajstić information content (AvgIpc) is 2.58. The molecule has 0 bridgehead atoms. The van der Waals surface area contributed by atoms with Crippen molar-refractivity contribution in [1.29, 1.82) is 0 Å². The number of hydrogen-bond acceptors (Lipinski definition) is 4. The highest BCUT2D eigenvalue weighted by atomic mass is 35.5. The van der Waals surface area contributed by atoms with E-state index in [1.54, 1.807) is 24.3 Å². The Kier molecular flexibility index (Phi) is 6.62. The molecule has 0 saturated carbocycles. The van der Waals surface area contributed by atoms with Crippen LogP contribution in [0.1, 0.15) is 26.3 Å². The van der Waals surface area contributed by atoms with Crippen LogP contribution in [0.25, 0.3) is 0 Å². The second kappa shape index (κ2) is 8.41. The minimum Gasteiger partial charge on any atom is -0.495 e. The molecule has 28 heavy (non-hydrogen) atoms. The van der Waals surface area contributed by atoms with Gasteiger partial charge in [-0.3, -0.25) is 9.10 Å². The molecule has 2 rings (SSSR count). The van der Waals surface area contributed by atoms with E-state index in [0.717, 1.165) is 9.87 Å². The molecule has 0 heterocycles. The van der Waals surface area contributed by atoms with Gasteiger partial charge in [0, 0.05) is 5.54 Å². The van der Waals surface area contributed by atoms with Gasteiger partial charge in [0.15, 0.2) is 0 Å². The van der Waals surface area contributed by atoms with Gasteiger partial charge in [0.05, 0.1) is 22.7 Å². The van der Waals surface area contributed by atoms with Gasteiger partial charge in [-0.1, -0.05) is 29.3 Å². The molecule has 152 valence electrons. The van der Waals surface area contributed by atoms with Crippen LogP contribution in [0.2, 0.25) is 5.02 Å². The molecule has 0 saturated heterocycles. The number of benzene rings is 2. The first-order valence-electron chi connectivity index (χ1n) is 8.68. The minimum atomic E-state index is -3.98. The number of anilines is 1. The zero-order valence-electron chi connectivity index (χ0n) is 16.6. The number of halogens is 1. The molecule has 1 amide bonds. The molecule has 0 aromatic heterocycles. The molecule has 0 fully saturated rings. The Bertz CT molecular complexity index is 951. The molecule has 1 N–H and O–H groups in total. The first-order chi connectivity index (χ1) is 12.9. The van der Waals surface area contributed by atoms with Crippen molar-refractivity contribution < 1.29 is 17.9 Å². The second-order valence-electron chi connectivity index (χ2n) is 7.44. The van der Waals surface area contributed by atoms with E-state index in [4.69, 9.17) is 16.3 Å². The van der Waals surface area contributed by atoms with Gasteiger partial charge in [0.2, 0.25) is 5.91 Å². The molecule has 0 atom stereocenters. The number of aryl methyl sites for hydroxylation is 1. The van der Waals surface area contributed by atoms with Crippen molar-refractivity contribution in [2.45, 2.75) is 38.1 Å². The monoisotopic (exact) mass is 424 g/mol. The maximum atomic E-state index is 13.3. The van der Waals surface area contributed by atoms with Gasteiger partial charge in [0.25, 0.3) is 10.0 Å². The largest absolute Gasteiger partial charge is 0.495 e. The normalized spacial score (nSPS) is 11.8. The zero-order chi connectivity index (χ0) is 21.1. The molecule has 0 aliphatic heterocycles. The minimum absolute atomic E-state index is 0.0913. The number of rotatable bonds is 6. The van der Waals surface area contributed by atoms with E-state index in [0.29, 0.717) is 5.75 Å². The highest BCUT2D eigenvalue weighted by Crippen LogP contribution is 2.32. The third-order valence-electron chi connectivity index (χ3n) is 3.83. The number of amides is 1. The Morgan fingerprint density at radius 2 is 1.75 bits per heavy atom. The zero-order valence-corrected chi connectivity index (χ0v) is 18.2. The van der Waals surface area contributed by atoms with Crippen LogP contribution in [0.15, 0.2) is 47.4 Å². The average molecular weight is 425 g/mol. The fraction of sp³-hybridized carbons (Fsp3) is 0.350. The van der Waals surface area contributed by atoms with Crippen molar-refractivity contribution in [1.82, 2.24) is 5.32 Å². The Balaban J connectivity index is 2.50. The van der Waals surface area contributed by atoms with Crippen LogP contribution in [0.3, 0.4) is 0 Å². The van der Waals surface area contributed by atoms with Crippen molar-refractivity contribution in [3.63, 3.8) is 0 Å². The third-order valence-corrected chi connectivity index (χ3v) is 5.92. The highest BCUT2D eigenvalue weighted by Gasteiger charge is 2.28. The first kappa shape index (κ1) is 22.0. The van der Waals surface area contributed by atoms with Crippen molar-refractivity contribution in [2.75, 3.05) is 18.0 Å². The molecule has 0 aliphatic carbocycles. The first-order valence-corrected chi connectivity index (χ1v) is 10.5. The van der Waals surface area contributed by atoms with E-state index in [9.17, 15) is 13.2 Å². The molecule has 0 spiro atoms. The molecule has 2 aromatic rings. The van der Waals surface area contributed by atoms with Gasteiger partial charge in [0.1, 0.15) is 12.3 Å². The SMILES string of the molecule is COc1ccc(N(CC(=O)NC(C)(C)C)S(=O)(=O)c2ccc(C)cc2)cc1Cl. The lowest BCUT2D eigenvalue weighted by Gasteiger charge is -2.27. The Morgan fingerprint density at radius 1 is 1.14 bits per heavy atom. The fourth-order valence-corrected chi connectivity index (χ4v) is 4.22. The number of ether oxygens (including phenoxy) is 1. The molecule has 8 heteroatoms. The summed E-state index contributed by atoms with van der Waals surface area (Å²) >= 11 is 6.19. The molecule has 0 aliphatic rings. The molecular weight excluding hydrogens is 400 g/mol. The van der Waals surface area contributed by atoms with Crippen LogP contribution in [-0.4, -0.2) is 33.5 Å². The van der Waals surface area contributed by atoms with Crippen LogP contribution in [0.5, 0.6) is 5.75 Å². The summed E-state index contributed by atoms with van der Waals surface area (Å²) in [5.41, 5.74) is 0.715. The Labute approximate surface area is 171 Å². The topological polar surface area (TPSA) is 75.7 Å². The maximum absolute atomic E-state index is 13.3. The number of sulfonamides is 1. The van der Waals surface area contributed by atoms with E-state index in [2.05, 4.69) is 5.32 Å². The number of nitrogens with one attached hydrogen (secondary N) is 1. The van der Waals surface area contributed by atoms with Gasteiger partial charge in [-0.2, -0.15) is 0 Å². The smallest absolute Gasteiger partial charge is 0.264 e. The van der Waals surface area contributed by atoms with E-state index >= 15 is 0 Å². The van der Waals surface area contributed by atoms with Gasteiger partial charge < -0.3 is 10.1 Å². The summed E-state index contributed by atoms with van der Waals surface area (Å²) in [5, 5.41) is 3.04. The number of carbonyl (C=O) groups is 1. The summed E-state index contributed by atoms with van der Waals surface area (Å²) in [5.74, 6) is -0.00706. The quantitative estimate of drug-likeness (QED) is 0.765. The summed E-state index contributed by atoms with van der Waals surface area (Å²) in [6.45, 7) is 6.97. The highest BCUT2D eigenvalue weighted by molar-refractivity contribution is 7.92. The van der Waals surface area contributed by atoms with E-state index in [1.807, 2.05) is 27.7 Å². The summed E-state index contributed by atoms with van der Waals surface area (Å²) < 4.78 is 32.7. The van der Waals surface area contributed by atoms with Crippen molar-refractivity contribution in [3.05, 3.63) is 53.1 Å². The number of carbonyl (C=O) groups excluding carboxylic acids is 1. The van der Waals surface area contributed by atoms with E-state index < -0.39 is 21.5 Å². The van der Waals surface area contributed by atoms with Crippen molar-refractivity contribution in [2.24, 2.45) is 0 Å². The van der Waals surface area contributed by atoms with Crippen molar-refractivity contribution >= 4 is 33.2 Å². The molecule has 0 radical (unpaired) electrons. The van der Waals surface area contributed by atoms with Gasteiger partial charge in [-0.05, 0) is 58.0 Å². The van der Waals surface area contributed by atoms with Crippen LogP contribution >= 0.6 is 11.6 Å². The second-order valence-corrected chi connectivity index (χ2v) is 9.71.